The molecule has 1 unspecified atom stereocenters. The van der Waals surface area contributed by atoms with Gasteiger partial charge in [-0.05, 0) is 25.5 Å². The summed E-state index contributed by atoms with van der Waals surface area (Å²) >= 11 is 0. The van der Waals surface area contributed by atoms with Gasteiger partial charge in [0.15, 0.2) is 0 Å². The van der Waals surface area contributed by atoms with Gasteiger partial charge in [-0.3, -0.25) is 9.78 Å². The van der Waals surface area contributed by atoms with Gasteiger partial charge in [-0.25, -0.2) is 4.79 Å². The number of aliphatic carboxylic acids is 1. The lowest BCUT2D eigenvalue weighted by Gasteiger charge is -2.10. The van der Waals surface area contributed by atoms with Crippen LogP contribution in [0.4, 0.5) is 10.5 Å². The van der Waals surface area contributed by atoms with Crippen LogP contribution in [0.1, 0.15) is 12.5 Å². The minimum Gasteiger partial charge on any atom is -0.480 e. The van der Waals surface area contributed by atoms with Crippen molar-refractivity contribution in [3.05, 3.63) is 24.0 Å². The van der Waals surface area contributed by atoms with Gasteiger partial charge >= 0.3 is 12.0 Å². The number of hydrogen-bond donors (Lipinski definition) is 3. The van der Waals surface area contributed by atoms with Crippen LogP contribution in [-0.2, 0) is 4.79 Å². The molecule has 0 fully saturated rings. The summed E-state index contributed by atoms with van der Waals surface area (Å²) in [6.45, 7) is 3.23. The van der Waals surface area contributed by atoms with Gasteiger partial charge in [0.2, 0.25) is 0 Å². The molecule has 1 atom stereocenters. The van der Waals surface area contributed by atoms with Crippen molar-refractivity contribution >= 4 is 17.7 Å². The predicted molar refractivity (Wildman–Crippen MR) is 58.2 cm³/mol. The van der Waals surface area contributed by atoms with E-state index in [1.165, 1.54) is 13.1 Å². The number of carbonyl (C=O) groups is 2. The lowest BCUT2D eigenvalue weighted by molar-refractivity contribution is -0.138. The Kier molecular flexibility index (Phi) is 3.82. The quantitative estimate of drug-likeness (QED) is 0.712. The van der Waals surface area contributed by atoms with E-state index in [-0.39, 0.29) is 0 Å². The maximum Gasteiger partial charge on any atom is 0.325 e. The van der Waals surface area contributed by atoms with Gasteiger partial charge in [-0.1, -0.05) is 0 Å². The van der Waals surface area contributed by atoms with E-state index in [0.717, 1.165) is 5.56 Å². The standard InChI is InChI=1S/C10H13N3O3/c1-6-3-8(5-11-4-6)13-10(16)12-7(2)9(14)15/h3-5,7H,1-2H3,(H,14,15)(H2,12,13,16). The van der Waals surface area contributed by atoms with Crippen LogP contribution in [0.3, 0.4) is 0 Å². The molecule has 6 nitrogen and oxygen atoms in total. The molecule has 6 heteroatoms. The predicted octanol–water partition coefficient (Wildman–Crippen LogP) is 0.985. The number of nitrogens with one attached hydrogen (secondary N) is 2. The van der Waals surface area contributed by atoms with Crippen LogP contribution in [0.15, 0.2) is 18.5 Å². The molecular weight excluding hydrogens is 210 g/mol. The maximum atomic E-state index is 11.3. The van der Waals surface area contributed by atoms with E-state index >= 15 is 0 Å². The van der Waals surface area contributed by atoms with Crippen LogP contribution in [0.25, 0.3) is 0 Å². The van der Waals surface area contributed by atoms with E-state index in [1.54, 1.807) is 12.3 Å². The smallest absolute Gasteiger partial charge is 0.325 e. The van der Waals surface area contributed by atoms with Crippen LogP contribution < -0.4 is 10.6 Å². The Bertz CT molecular complexity index is 406. The largest absolute Gasteiger partial charge is 0.480 e. The van der Waals surface area contributed by atoms with Crippen molar-refractivity contribution in [3.8, 4) is 0 Å². The number of carboxylic acid groups (broad SMARTS) is 1. The second-order valence-corrected chi connectivity index (χ2v) is 3.41. The summed E-state index contributed by atoms with van der Waals surface area (Å²) < 4.78 is 0. The minimum atomic E-state index is -1.09. The molecule has 1 aromatic heterocycles. The van der Waals surface area contributed by atoms with Crippen LogP contribution in [0, 0.1) is 6.92 Å². The first-order valence-corrected chi connectivity index (χ1v) is 4.71. The van der Waals surface area contributed by atoms with Crippen LogP contribution in [0.2, 0.25) is 0 Å². The highest BCUT2D eigenvalue weighted by molar-refractivity contribution is 5.91. The lowest BCUT2D eigenvalue weighted by Crippen LogP contribution is -2.40. The molecule has 16 heavy (non-hydrogen) atoms. The third-order valence-corrected chi connectivity index (χ3v) is 1.85. The number of anilines is 1. The molecule has 1 rings (SSSR count). The van der Waals surface area contributed by atoms with Crippen molar-refractivity contribution < 1.29 is 14.7 Å². The Labute approximate surface area is 92.7 Å². The number of carbonyl (C=O) groups excluding carboxylic acids is 1. The summed E-state index contributed by atoms with van der Waals surface area (Å²) in [6, 6.07) is 0.234. The fourth-order valence-electron chi connectivity index (χ4n) is 1.05. The normalized spacial score (nSPS) is 11.6. The van der Waals surface area contributed by atoms with Gasteiger partial charge in [0, 0.05) is 6.20 Å². The molecule has 0 aromatic carbocycles. The number of nitrogens with zero attached hydrogens (tertiary/aromatic N) is 1. The Balaban J connectivity index is 2.55. The average molecular weight is 223 g/mol. The minimum absolute atomic E-state index is 0.523. The van der Waals surface area contributed by atoms with E-state index < -0.39 is 18.0 Å². The summed E-state index contributed by atoms with van der Waals surface area (Å²) in [7, 11) is 0. The van der Waals surface area contributed by atoms with Crippen molar-refractivity contribution in [1.29, 1.82) is 0 Å². The molecule has 0 saturated heterocycles. The Hall–Kier alpha value is -2.11. The number of rotatable bonds is 3. The fraction of sp³-hybridized carbons (Fsp3) is 0.300. The van der Waals surface area contributed by atoms with Crippen molar-refractivity contribution in [2.45, 2.75) is 19.9 Å². The number of amides is 2. The fourth-order valence-corrected chi connectivity index (χ4v) is 1.05. The van der Waals surface area contributed by atoms with E-state index in [2.05, 4.69) is 15.6 Å². The molecule has 0 bridgehead atoms. The van der Waals surface area contributed by atoms with Crippen LogP contribution in [-0.4, -0.2) is 28.1 Å². The second kappa shape index (κ2) is 5.11. The SMILES string of the molecule is Cc1cncc(NC(=O)NC(C)C(=O)O)c1. The van der Waals surface area contributed by atoms with Gasteiger partial charge in [-0.15, -0.1) is 0 Å². The van der Waals surface area contributed by atoms with E-state index in [1.807, 2.05) is 6.92 Å². The molecule has 0 aliphatic rings. The monoisotopic (exact) mass is 223 g/mol. The molecule has 2 amide bonds. The summed E-state index contributed by atoms with van der Waals surface area (Å²) in [4.78, 5) is 25.7. The van der Waals surface area contributed by atoms with E-state index in [4.69, 9.17) is 5.11 Å². The second-order valence-electron chi connectivity index (χ2n) is 3.41. The molecule has 3 N–H and O–H groups in total. The number of aryl methyl sites for hydroxylation is 1. The zero-order valence-corrected chi connectivity index (χ0v) is 9.02. The Morgan fingerprint density at radius 2 is 2.12 bits per heavy atom. The number of urea groups is 1. The average Bonchev–Trinajstić information content (AvgIpc) is 2.16. The zero-order chi connectivity index (χ0) is 12.1. The third-order valence-electron chi connectivity index (χ3n) is 1.85. The van der Waals surface area contributed by atoms with Crippen molar-refractivity contribution in [2.24, 2.45) is 0 Å². The highest BCUT2D eigenvalue weighted by Gasteiger charge is 2.13. The highest BCUT2D eigenvalue weighted by atomic mass is 16.4. The molecule has 0 spiro atoms. The molecule has 86 valence electrons. The first kappa shape index (κ1) is 12.0. The topological polar surface area (TPSA) is 91.3 Å². The molecule has 0 aliphatic heterocycles. The highest BCUT2D eigenvalue weighted by Crippen LogP contribution is 2.06. The van der Waals surface area contributed by atoms with Gasteiger partial charge in [0.05, 0.1) is 11.9 Å². The van der Waals surface area contributed by atoms with Gasteiger partial charge in [0.25, 0.3) is 0 Å². The first-order chi connectivity index (χ1) is 7.49. The molecule has 0 saturated carbocycles. The van der Waals surface area contributed by atoms with Crippen molar-refractivity contribution in [1.82, 2.24) is 10.3 Å². The third kappa shape index (κ3) is 3.56. The summed E-state index contributed by atoms with van der Waals surface area (Å²) in [5.41, 5.74) is 1.43. The zero-order valence-electron chi connectivity index (χ0n) is 9.02. The summed E-state index contributed by atoms with van der Waals surface area (Å²) in [5, 5.41) is 13.3. The summed E-state index contributed by atoms with van der Waals surface area (Å²) in [5.74, 6) is -1.09. The molecule has 1 heterocycles. The van der Waals surface area contributed by atoms with E-state index in [0.29, 0.717) is 5.69 Å². The van der Waals surface area contributed by atoms with Crippen LogP contribution >= 0.6 is 0 Å². The first-order valence-electron chi connectivity index (χ1n) is 4.71. The summed E-state index contributed by atoms with van der Waals surface area (Å²) in [6.07, 6.45) is 3.14. The molecule has 0 radical (unpaired) electrons. The van der Waals surface area contributed by atoms with Gasteiger partial charge in [0.1, 0.15) is 6.04 Å². The maximum absolute atomic E-state index is 11.3. The number of carboxylic acids is 1. The Morgan fingerprint density at radius 3 is 2.69 bits per heavy atom. The Morgan fingerprint density at radius 1 is 1.44 bits per heavy atom. The number of hydrogen-bond acceptors (Lipinski definition) is 3. The van der Waals surface area contributed by atoms with Crippen molar-refractivity contribution in [3.63, 3.8) is 0 Å². The molecule has 1 aromatic rings. The number of pyridine rings is 1. The molecule has 0 aliphatic carbocycles. The number of aromatic nitrogens is 1. The molecular formula is C10H13N3O3. The van der Waals surface area contributed by atoms with E-state index in [9.17, 15) is 9.59 Å². The van der Waals surface area contributed by atoms with Crippen molar-refractivity contribution in [2.75, 3.05) is 5.32 Å². The van der Waals surface area contributed by atoms with Crippen LogP contribution in [0.5, 0.6) is 0 Å². The van der Waals surface area contributed by atoms with Gasteiger partial charge in [-0.2, -0.15) is 0 Å². The lowest BCUT2D eigenvalue weighted by atomic mass is 10.3. The van der Waals surface area contributed by atoms with Gasteiger partial charge < -0.3 is 15.7 Å².